The molecule has 3 rings (SSSR count). The lowest BCUT2D eigenvalue weighted by Crippen LogP contribution is -2.49. The van der Waals surface area contributed by atoms with Gasteiger partial charge >= 0.3 is 6.09 Å². The van der Waals surface area contributed by atoms with E-state index in [9.17, 15) is 23.9 Å². The van der Waals surface area contributed by atoms with Crippen molar-refractivity contribution >= 4 is 29.5 Å². The molecule has 170 valence electrons. The molecule has 0 radical (unpaired) electrons. The van der Waals surface area contributed by atoms with E-state index in [0.717, 1.165) is 0 Å². The van der Waals surface area contributed by atoms with Crippen LogP contribution in [0.2, 0.25) is 5.02 Å². The van der Waals surface area contributed by atoms with E-state index in [4.69, 9.17) is 11.6 Å². The summed E-state index contributed by atoms with van der Waals surface area (Å²) in [6, 6.07) is 3.99. The van der Waals surface area contributed by atoms with E-state index in [1.807, 2.05) is 13.8 Å². The average molecular weight is 454 g/mol. The summed E-state index contributed by atoms with van der Waals surface area (Å²) in [5, 5.41) is 9.68. The summed E-state index contributed by atoms with van der Waals surface area (Å²) in [7, 11) is 0. The molecule has 0 aromatic heterocycles. The maximum atomic E-state index is 14.1. The molecule has 7 nitrogen and oxygen atoms in total. The monoisotopic (exact) mass is 453 g/mol. The molecular weight excluding hydrogens is 425 g/mol. The highest BCUT2D eigenvalue weighted by molar-refractivity contribution is 6.30. The molecule has 2 aliphatic rings. The van der Waals surface area contributed by atoms with Crippen molar-refractivity contribution in [2.24, 2.45) is 5.92 Å². The van der Waals surface area contributed by atoms with Gasteiger partial charge in [0.1, 0.15) is 5.82 Å². The number of likely N-dealkylation sites (tertiary alicyclic amines) is 2. The molecule has 9 heteroatoms. The zero-order valence-electron chi connectivity index (χ0n) is 18.1. The van der Waals surface area contributed by atoms with E-state index in [1.54, 1.807) is 22.8 Å². The summed E-state index contributed by atoms with van der Waals surface area (Å²) in [6.45, 7) is 6.74. The quantitative estimate of drug-likeness (QED) is 0.740. The molecular formula is C22H29ClFN3O4. The molecule has 1 N–H and O–H groups in total. The van der Waals surface area contributed by atoms with Crippen LogP contribution in [-0.4, -0.2) is 76.0 Å². The fourth-order valence-electron chi connectivity index (χ4n) is 4.70. The number of likely N-dealkylation sites (N-methyl/N-ethyl adjacent to an activating group) is 1. The first-order valence-electron chi connectivity index (χ1n) is 10.7. The minimum Gasteiger partial charge on any atom is -0.465 e. The summed E-state index contributed by atoms with van der Waals surface area (Å²) in [6.07, 6.45) is -0.262. The molecule has 2 saturated heterocycles. The number of amides is 3. The van der Waals surface area contributed by atoms with Crippen molar-refractivity contribution in [1.82, 2.24) is 14.7 Å². The van der Waals surface area contributed by atoms with E-state index in [-0.39, 0.29) is 47.8 Å². The standard InChI is InChI=1S/C22H29ClFN3O4/c1-4-26(22(30)31)19-12-25(11-16(19)14-5-7-17(23)18(24)9-14)21(29)15-6-8-20(28)27(10-15)13(2)3/h5,7,9,13,15-16,19H,4,6,8,10-12H2,1-3H3,(H,30,31)/t15?,16-,19+/m0/s1. The summed E-state index contributed by atoms with van der Waals surface area (Å²) in [5.41, 5.74) is 0.615. The molecule has 3 atom stereocenters. The Hall–Kier alpha value is -2.35. The predicted octanol–water partition coefficient (Wildman–Crippen LogP) is 3.42. The largest absolute Gasteiger partial charge is 0.465 e. The van der Waals surface area contributed by atoms with Crippen molar-refractivity contribution < 1.29 is 23.9 Å². The second kappa shape index (κ2) is 9.42. The third-order valence-corrected chi connectivity index (χ3v) is 6.68. The number of carboxylic acid groups (broad SMARTS) is 1. The molecule has 2 aliphatic heterocycles. The number of rotatable bonds is 5. The van der Waals surface area contributed by atoms with Crippen molar-refractivity contribution in [3.8, 4) is 0 Å². The fourth-order valence-corrected chi connectivity index (χ4v) is 4.81. The van der Waals surface area contributed by atoms with Crippen LogP contribution in [0.1, 0.15) is 45.1 Å². The van der Waals surface area contributed by atoms with Crippen LogP contribution in [0.15, 0.2) is 18.2 Å². The summed E-state index contributed by atoms with van der Waals surface area (Å²) >= 11 is 5.82. The zero-order valence-corrected chi connectivity index (χ0v) is 18.8. The number of nitrogens with zero attached hydrogens (tertiary/aromatic N) is 3. The lowest BCUT2D eigenvalue weighted by atomic mass is 9.93. The Bertz CT molecular complexity index is 865. The number of carbonyl (C=O) groups is 3. The number of hydrogen-bond donors (Lipinski definition) is 1. The van der Waals surface area contributed by atoms with Gasteiger partial charge in [0, 0.05) is 44.6 Å². The lowest BCUT2D eigenvalue weighted by Gasteiger charge is -2.36. The Labute approximate surface area is 186 Å². The van der Waals surface area contributed by atoms with Crippen LogP contribution in [0.25, 0.3) is 0 Å². The lowest BCUT2D eigenvalue weighted by molar-refractivity contribution is -0.143. The Morgan fingerprint density at radius 1 is 1.29 bits per heavy atom. The van der Waals surface area contributed by atoms with Gasteiger partial charge in [0.25, 0.3) is 0 Å². The maximum absolute atomic E-state index is 14.1. The molecule has 1 aromatic rings. The van der Waals surface area contributed by atoms with Crippen LogP contribution in [0, 0.1) is 11.7 Å². The molecule has 0 aliphatic carbocycles. The minimum absolute atomic E-state index is 0.00235. The van der Waals surface area contributed by atoms with Crippen molar-refractivity contribution in [3.05, 3.63) is 34.6 Å². The Morgan fingerprint density at radius 3 is 2.58 bits per heavy atom. The average Bonchev–Trinajstić information content (AvgIpc) is 3.15. The smallest absolute Gasteiger partial charge is 0.407 e. The van der Waals surface area contributed by atoms with Gasteiger partial charge in [-0.15, -0.1) is 0 Å². The number of benzene rings is 1. The molecule has 3 amide bonds. The first-order valence-corrected chi connectivity index (χ1v) is 11.0. The van der Waals surface area contributed by atoms with Gasteiger partial charge in [-0.05, 0) is 44.9 Å². The van der Waals surface area contributed by atoms with Gasteiger partial charge in [-0.1, -0.05) is 17.7 Å². The van der Waals surface area contributed by atoms with Crippen LogP contribution in [-0.2, 0) is 9.59 Å². The normalized spacial score (nSPS) is 24.1. The zero-order chi connectivity index (χ0) is 22.9. The second-order valence-electron chi connectivity index (χ2n) is 8.53. The van der Waals surface area contributed by atoms with Gasteiger partial charge in [-0.25, -0.2) is 9.18 Å². The highest BCUT2D eigenvalue weighted by atomic mass is 35.5. The van der Waals surface area contributed by atoms with E-state index in [2.05, 4.69) is 0 Å². The van der Waals surface area contributed by atoms with Gasteiger partial charge in [0.05, 0.1) is 17.0 Å². The maximum Gasteiger partial charge on any atom is 0.407 e. The van der Waals surface area contributed by atoms with E-state index >= 15 is 0 Å². The topological polar surface area (TPSA) is 81.2 Å². The minimum atomic E-state index is -1.07. The van der Waals surface area contributed by atoms with Crippen molar-refractivity contribution in [2.75, 3.05) is 26.2 Å². The third-order valence-electron chi connectivity index (χ3n) is 6.38. The highest BCUT2D eigenvalue weighted by Gasteiger charge is 2.43. The number of carbonyl (C=O) groups excluding carboxylic acids is 2. The number of hydrogen-bond acceptors (Lipinski definition) is 3. The van der Waals surface area contributed by atoms with Crippen molar-refractivity contribution in [1.29, 1.82) is 0 Å². The van der Waals surface area contributed by atoms with Gasteiger partial charge in [-0.2, -0.15) is 0 Å². The Morgan fingerprint density at radius 2 is 2.00 bits per heavy atom. The van der Waals surface area contributed by atoms with Gasteiger partial charge in [0.2, 0.25) is 11.8 Å². The fraction of sp³-hybridized carbons (Fsp3) is 0.591. The molecule has 2 heterocycles. The molecule has 0 bridgehead atoms. The summed E-state index contributed by atoms with van der Waals surface area (Å²) in [5.74, 6) is -1.28. The van der Waals surface area contributed by atoms with Crippen LogP contribution < -0.4 is 0 Å². The van der Waals surface area contributed by atoms with Crippen LogP contribution >= 0.6 is 11.6 Å². The number of halogens is 2. The number of piperidine rings is 1. The molecule has 1 unspecified atom stereocenters. The first kappa shape index (κ1) is 23.3. The predicted molar refractivity (Wildman–Crippen MR) is 114 cm³/mol. The molecule has 1 aromatic carbocycles. The highest BCUT2D eigenvalue weighted by Crippen LogP contribution is 2.34. The van der Waals surface area contributed by atoms with E-state index in [1.165, 1.54) is 17.0 Å². The summed E-state index contributed by atoms with van der Waals surface area (Å²) < 4.78 is 14.1. The second-order valence-corrected chi connectivity index (χ2v) is 8.94. The van der Waals surface area contributed by atoms with Crippen LogP contribution in [0.3, 0.4) is 0 Å². The summed E-state index contributed by atoms with van der Waals surface area (Å²) in [4.78, 5) is 42.0. The molecule has 31 heavy (non-hydrogen) atoms. The van der Waals surface area contributed by atoms with Crippen LogP contribution in [0.4, 0.5) is 9.18 Å². The van der Waals surface area contributed by atoms with Crippen molar-refractivity contribution in [2.45, 2.75) is 51.6 Å². The Balaban J connectivity index is 1.85. The van der Waals surface area contributed by atoms with Gasteiger partial charge in [-0.3, -0.25) is 9.59 Å². The Kier molecular flexibility index (Phi) is 7.09. The molecule has 0 spiro atoms. The van der Waals surface area contributed by atoms with Gasteiger partial charge in [0.15, 0.2) is 0 Å². The van der Waals surface area contributed by atoms with Crippen molar-refractivity contribution in [3.63, 3.8) is 0 Å². The van der Waals surface area contributed by atoms with Gasteiger partial charge < -0.3 is 19.8 Å². The molecule has 2 fully saturated rings. The SMILES string of the molecule is CCN(C(=O)O)[C@@H]1CN(C(=O)C2CCC(=O)N(C(C)C)C2)C[C@H]1c1ccc(Cl)c(F)c1. The van der Waals surface area contributed by atoms with E-state index < -0.39 is 18.0 Å². The van der Waals surface area contributed by atoms with E-state index in [0.29, 0.717) is 31.5 Å². The first-order chi connectivity index (χ1) is 14.6. The molecule has 0 saturated carbocycles. The third kappa shape index (κ3) is 4.79. The van der Waals surface area contributed by atoms with Crippen LogP contribution in [0.5, 0.6) is 0 Å².